The molecule has 15 heavy (non-hydrogen) atoms. The number of nitrogens with zero attached hydrogens (tertiary/aromatic N) is 1. The van der Waals surface area contributed by atoms with Gasteiger partial charge in [0.15, 0.2) is 0 Å². The first-order chi connectivity index (χ1) is 6.99. The van der Waals surface area contributed by atoms with Gasteiger partial charge in [-0.1, -0.05) is 19.1 Å². The molecule has 0 N–H and O–H groups in total. The fourth-order valence-electron chi connectivity index (χ4n) is 1.34. The lowest BCUT2D eigenvalue weighted by Gasteiger charge is -2.08. The molecule has 4 heteroatoms. The Hall–Kier alpha value is -1.32. The van der Waals surface area contributed by atoms with Crippen LogP contribution < -0.4 is 0 Å². The Kier molecular flexibility index (Phi) is 3.50. The maximum absolute atomic E-state index is 12.3. The van der Waals surface area contributed by atoms with Gasteiger partial charge in [-0.15, -0.1) is 0 Å². The van der Waals surface area contributed by atoms with E-state index in [0.717, 1.165) is 23.4 Å². The van der Waals surface area contributed by atoms with E-state index < -0.39 is 11.7 Å². The molecule has 0 saturated heterocycles. The summed E-state index contributed by atoms with van der Waals surface area (Å²) < 4.78 is 36.8. The van der Waals surface area contributed by atoms with E-state index in [9.17, 15) is 13.2 Å². The van der Waals surface area contributed by atoms with E-state index in [1.807, 2.05) is 6.92 Å². The third kappa shape index (κ3) is 2.81. The molecule has 0 spiro atoms. The highest BCUT2D eigenvalue weighted by molar-refractivity contribution is 6.00. The minimum Gasteiger partial charge on any atom is -0.292 e. The summed E-state index contributed by atoms with van der Waals surface area (Å²) in [6, 6.07) is 5.07. The summed E-state index contributed by atoms with van der Waals surface area (Å²) in [6.45, 7) is 1.92. The van der Waals surface area contributed by atoms with Gasteiger partial charge >= 0.3 is 6.18 Å². The van der Waals surface area contributed by atoms with Gasteiger partial charge in [-0.2, -0.15) is 13.2 Å². The molecule has 0 aromatic heterocycles. The lowest BCUT2D eigenvalue weighted by Crippen LogP contribution is -2.06. The van der Waals surface area contributed by atoms with Crippen LogP contribution in [0.3, 0.4) is 0 Å². The van der Waals surface area contributed by atoms with Crippen LogP contribution in [0.15, 0.2) is 29.3 Å². The molecule has 0 amide bonds. The molecule has 1 rings (SSSR count). The molecule has 1 nitrogen and oxygen atoms in total. The molecule has 0 unspecified atom stereocenters. The van der Waals surface area contributed by atoms with Gasteiger partial charge in [0.1, 0.15) is 0 Å². The number of benzene rings is 1. The zero-order chi connectivity index (χ0) is 11.5. The van der Waals surface area contributed by atoms with Crippen LogP contribution in [-0.4, -0.2) is 12.8 Å². The molecular formula is C11H12F3N. The molecule has 0 aliphatic rings. The van der Waals surface area contributed by atoms with Crippen molar-refractivity contribution in [1.29, 1.82) is 0 Å². The van der Waals surface area contributed by atoms with Crippen LogP contribution in [0.25, 0.3) is 0 Å². The zero-order valence-corrected chi connectivity index (χ0v) is 8.60. The Morgan fingerprint density at radius 1 is 1.20 bits per heavy atom. The van der Waals surface area contributed by atoms with Crippen LogP contribution >= 0.6 is 0 Å². The van der Waals surface area contributed by atoms with Crippen LogP contribution in [0.5, 0.6) is 0 Å². The predicted octanol–water partition coefficient (Wildman–Crippen LogP) is 3.53. The minimum atomic E-state index is -4.27. The molecule has 82 valence electrons. The van der Waals surface area contributed by atoms with Gasteiger partial charge < -0.3 is 0 Å². The van der Waals surface area contributed by atoms with Gasteiger partial charge in [0, 0.05) is 12.8 Å². The van der Waals surface area contributed by atoms with Gasteiger partial charge in [-0.05, 0) is 24.1 Å². The monoisotopic (exact) mass is 215 g/mol. The van der Waals surface area contributed by atoms with Crippen LogP contribution in [0.4, 0.5) is 13.2 Å². The lowest BCUT2D eigenvalue weighted by molar-refractivity contribution is -0.137. The van der Waals surface area contributed by atoms with E-state index in [-0.39, 0.29) is 0 Å². The Bertz CT molecular complexity index is 349. The smallest absolute Gasteiger partial charge is 0.292 e. The third-order valence-electron chi connectivity index (χ3n) is 2.15. The number of hydrogen-bond acceptors (Lipinski definition) is 1. The van der Waals surface area contributed by atoms with Crippen molar-refractivity contribution in [2.24, 2.45) is 4.99 Å². The van der Waals surface area contributed by atoms with Crippen molar-refractivity contribution >= 4 is 5.71 Å². The molecule has 0 bridgehead atoms. The summed E-state index contributed by atoms with van der Waals surface area (Å²) in [5.74, 6) is 0. The van der Waals surface area contributed by atoms with Gasteiger partial charge in [0.2, 0.25) is 0 Å². The SMILES string of the molecule is CCC(=NC)c1ccc(C(F)(F)F)cc1. The van der Waals surface area contributed by atoms with Gasteiger partial charge in [0.25, 0.3) is 0 Å². The van der Waals surface area contributed by atoms with Crippen molar-refractivity contribution < 1.29 is 13.2 Å². The van der Waals surface area contributed by atoms with E-state index in [1.54, 1.807) is 7.05 Å². The maximum atomic E-state index is 12.3. The first kappa shape index (κ1) is 11.8. The first-order valence-corrected chi connectivity index (χ1v) is 4.62. The number of rotatable bonds is 2. The van der Waals surface area contributed by atoms with E-state index >= 15 is 0 Å². The Labute approximate surface area is 86.6 Å². The van der Waals surface area contributed by atoms with E-state index in [0.29, 0.717) is 6.42 Å². The van der Waals surface area contributed by atoms with E-state index in [1.165, 1.54) is 12.1 Å². The van der Waals surface area contributed by atoms with Crippen LogP contribution in [-0.2, 0) is 6.18 Å². The molecule has 1 aromatic rings. The minimum absolute atomic E-state index is 0.627. The average molecular weight is 215 g/mol. The molecular weight excluding hydrogens is 203 g/mol. The molecule has 0 aliphatic heterocycles. The van der Waals surface area contributed by atoms with Crippen molar-refractivity contribution in [1.82, 2.24) is 0 Å². The van der Waals surface area contributed by atoms with E-state index in [4.69, 9.17) is 0 Å². The number of alkyl halides is 3. The van der Waals surface area contributed by atoms with Crippen LogP contribution in [0, 0.1) is 0 Å². The molecule has 0 radical (unpaired) electrons. The van der Waals surface area contributed by atoms with Crippen molar-refractivity contribution in [2.45, 2.75) is 19.5 Å². The average Bonchev–Trinajstić information content (AvgIpc) is 2.19. The van der Waals surface area contributed by atoms with Gasteiger partial charge in [0.05, 0.1) is 5.56 Å². The summed E-state index contributed by atoms with van der Waals surface area (Å²) in [5.41, 5.74) is 0.925. The van der Waals surface area contributed by atoms with Crippen molar-refractivity contribution in [3.8, 4) is 0 Å². The highest BCUT2D eigenvalue weighted by Gasteiger charge is 2.29. The summed E-state index contributed by atoms with van der Waals surface area (Å²) in [5, 5.41) is 0. The molecule has 0 fully saturated rings. The number of hydrogen-bond donors (Lipinski definition) is 0. The summed E-state index contributed by atoms with van der Waals surface area (Å²) >= 11 is 0. The van der Waals surface area contributed by atoms with Crippen molar-refractivity contribution in [3.63, 3.8) is 0 Å². The summed E-state index contributed by atoms with van der Waals surface area (Å²) in [4.78, 5) is 4.00. The normalized spacial score (nSPS) is 13.0. The molecule has 0 saturated carbocycles. The second-order valence-corrected chi connectivity index (χ2v) is 3.10. The second kappa shape index (κ2) is 4.47. The fourth-order valence-corrected chi connectivity index (χ4v) is 1.34. The van der Waals surface area contributed by atoms with Crippen molar-refractivity contribution in [2.75, 3.05) is 7.05 Å². The van der Waals surface area contributed by atoms with Crippen molar-refractivity contribution in [3.05, 3.63) is 35.4 Å². The van der Waals surface area contributed by atoms with Gasteiger partial charge in [-0.25, -0.2) is 0 Å². The number of halogens is 3. The van der Waals surface area contributed by atoms with Crippen LogP contribution in [0.1, 0.15) is 24.5 Å². The standard InChI is InChI=1S/C11H12F3N/c1-3-10(15-2)8-4-6-9(7-5-8)11(12,13)14/h4-7H,3H2,1-2H3. The van der Waals surface area contributed by atoms with E-state index in [2.05, 4.69) is 4.99 Å². The second-order valence-electron chi connectivity index (χ2n) is 3.10. The Morgan fingerprint density at radius 3 is 2.07 bits per heavy atom. The summed E-state index contributed by atoms with van der Waals surface area (Å²) in [6.07, 6.45) is -3.56. The molecule has 0 atom stereocenters. The predicted molar refractivity (Wildman–Crippen MR) is 54.2 cm³/mol. The Balaban J connectivity index is 3.00. The molecule has 1 aromatic carbocycles. The Morgan fingerprint density at radius 2 is 1.73 bits per heavy atom. The third-order valence-corrected chi connectivity index (χ3v) is 2.15. The highest BCUT2D eigenvalue weighted by atomic mass is 19.4. The zero-order valence-electron chi connectivity index (χ0n) is 8.60. The molecule has 0 heterocycles. The fraction of sp³-hybridized carbons (Fsp3) is 0.364. The summed E-state index contributed by atoms with van der Waals surface area (Å²) in [7, 11) is 1.64. The highest BCUT2D eigenvalue weighted by Crippen LogP contribution is 2.29. The number of aliphatic imine (C=N–C) groups is 1. The maximum Gasteiger partial charge on any atom is 0.416 e. The lowest BCUT2D eigenvalue weighted by atomic mass is 10.1. The van der Waals surface area contributed by atoms with Crippen LogP contribution in [0.2, 0.25) is 0 Å². The largest absolute Gasteiger partial charge is 0.416 e. The quantitative estimate of drug-likeness (QED) is 0.669. The topological polar surface area (TPSA) is 12.4 Å². The first-order valence-electron chi connectivity index (χ1n) is 4.62. The van der Waals surface area contributed by atoms with Gasteiger partial charge in [-0.3, -0.25) is 4.99 Å². The molecule has 0 aliphatic carbocycles.